The van der Waals surface area contributed by atoms with Crippen LogP contribution in [-0.2, 0) is 0 Å². The number of nitrogens with one attached hydrogen (secondary N) is 2. The molecule has 1 heterocycles. The van der Waals surface area contributed by atoms with Gasteiger partial charge in [0.2, 0.25) is 0 Å². The fourth-order valence-corrected chi connectivity index (χ4v) is 1.39. The topological polar surface area (TPSA) is 81.6 Å². The van der Waals surface area contributed by atoms with E-state index in [1.54, 1.807) is 0 Å². The molecule has 5 heteroatoms. The van der Waals surface area contributed by atoms with Gasteiger partial charge in [0.1, 0.15) is 11.5 Å². The van der Waals surface area contributed by atoms with Crippen molar-refractivity contribution >= 4 is 5.91 Å². The van der Waals surface area contributed by atoms with Crippen molar-refractivity contribution in [3.05, 3.63) is 23.8 Å². The maximum absolute atomic E-state index is 11.6. The van der Waals surface area contributed by atoms with Gasteiger partial charge in [0, 0.05) is 24.7 Å². The van der Waals surface area contributed by atoms with Gasteiger partial charge in [-0.15, -0.1) is 0 Å². The van der Waals surface area contributed by atoms with E-state index in [1.165, 1.54) is 18.2 Å². The molecule has 0 spiro atoms. The molecule has 0 aromatic heterocycles. The smallest absolute Gasteiger partial charge is 0.251 e. The number of amides is 1. The molecule has 0 atom stereocenters. The molecular weight excluding hydrogens is 196 g/mol. The molecule has 0 bridgehead atoms. The lowest BCUT2D eigenvalue weighted by molar-refractivity contribution is 0.0923. The van der Waals surface area contributed by atoms with Gasteiger partial charge in [0.15, 0.2) is 0 Å². The highest BCUT2D eigenvalue weighted by molar-refractivity contribution is 5.95. The number of phenolic OH excluding ortho intramolecular Hbond substituents is 2. The maximum atomic E-state index is 11.6. The van der Waals surface area contributed by atoms with Crippen molar-refractivity contribution in [1.82, 2.24) is 10.6 Å². The summed E-state index contributed by atoms with van der Waals surface area (Å²) >= 11 is 0. The van der Waals surface area contributed by atoms with Gasteiger partial charge in [-0.25, -0.2) is 0 Å². The van der Waals surface area contributed by atoms with Crippen molar-refractivity contribution in [2.24, 2.45) is 0 Å². The van der Waals surface area contributed by atoms with E-state index >= 15 is 0 Å². The minimum Gasteiger partial charge on any atom is -0.508 e. The number of hydrogen-bond acceptors (Lipinski definition) is 4. The van der Waals surface area contributed by atoms with E-state index in [0.29, 0.717) is 0 Å². The molecule has 0 saturated carbocycles. The number of aromatic hydroxyl groups is 2. The number of hydrogen-bond donors (Lipinski definition) is 4. The molecule has 80 valence electrons. The zero-order chi connectivity index (χ0) is 10.8. The zero-order valence-electron chi connectivity index (χ0n) is 8.03. The quantitative estimate of drug-likeness (QED) is 0.542. The van der Waals surface area contributed by atoms with Crippen molar-refractivity contribution in [1.29, 1.82) is 0 Å². The van der Waals surface area contributed by atoms with Crippen LogP contribution in [0.4, 0.5) is 0 Å². The Morgan fingerprint density at radius 3 is 2.33 bits per heavy atom. The highest BCUT2D eigenvalue weighted by Crippen LogP contribution is 2.20. The van der Waals surface area contributed by atoms with Crippen LogP contribution >= 0.6 is 0 Å². The Kier molecular flexibility index (Phi) is 2.47. The monoisotopic (exact) mass is 208 g/mol. The summed E-state index contributed by atoms with van der Waals surface area (Å²) in [6, 6.07) is 3.96. The summed E-state index contributed by atoms with van der Waals surface area (Å²) in [5, 5.41) is 24.2. The Bertz CT molecular complexity index is 368. The molecule has 1 saturated heterocycles. The van der Waals surface area contributed by atoms with Crippen LogP contribution in [0.25, 0.3) is 0 Å². The van der Waals surface area contributed by atoms with Gasteiger partial charge in [-0.3, -0.25) is 4.79 Å². The first-order valence-electron chi connectivity index (χ1n) is 4.70. The normalized spacial score (nSPS) is 15.7. The van der Waals surface area contributed by atoms with Gasteiger partial charge in [0.25, 0.3) is 5.91 Å². The lowest BCUT2D eigenvalue weighted by Crippen LogP contribution is -2.56. The van der Waals surface area contributed by atoms with E-state index in [4.69, 9.17) is 0 Å². The summed E-state index contributed by atoms with van der Waals surface area (Å²) < 4.78 is 0. The zero-order valence-corrected chi connectivity index (χ0v) is 8.03. The Morgan fingerprint density at radius 1 is 1.27 bits per heavy atom. The standard InChI is InChI=1S/C10H12N2O3/c13-8-1-6(2-9(14)3-8)10(15)12-7-4-11-5-7/h1-3,7,11,13-14H,4-5H2,(H,12,15). The Balaban J connectivity index is 2.10. The van der Waals surface area contributed by atoms with Crippen LogP contribution in [0.3, 0.4) is 0 Å². The lowest BCUT2D eigenvalue weighted by Gasteiger charge is -2.27. The molecule has 1 aromatic rings. The van der Waals surface area contributed by atoms with Crippen LogP contribution in [0.2, 0.25) is 0 Å². The highest BCUT2D eigenvalue weighted by Gasteiger charge is 2.19. The summed E-state index contributed by atoms with van der Waals surface area (Å²) in [5.74, 6) is -0.522. The first-order chi connectivity index (χ1) is 7.15. The van der Waals surface area contributed by atoms with Crippen LogP contribution in [0, 0.1) is 0 Å². The van der Waals surface area contributed by atoms with Crippen molar-refractivity contribution < 1.29 is 15.0 Å². The molecule has 5 nitrogen and oxygen atoms in total. The van der Waals surface area contributed by atoms with Crippen molar-refractivity contribution in [2.45, 2.75) is 6.04 Å². The van der Waals surface area contributed by atoms with Crippen molar-refractivity contribution in [3.8, 4) is 11.5 Å². The number of carbonyl (C=O) groups is 1. The first-order valence-corrected chi connectivity index (χ1v) is 4.70. The van der Waals surface area contributed by atoms with Gasteiger partial charge in [-0.05, 0) is 12.1 Å². The van der Waals surface area contributed by atoms with Gasteiger partial charge in [0.05, 0.1) is 6.04 Å². The second-order valence-electron chi connectivity index (χ2n) is 3.57. The van der Waals surface area contributed by atoms with Gasteiger partial charge < -0.3 is 20.8 Å². The maximum Gasteiger partial charge on any atom is 0.251 e. The van der Waals surface area contributed by atoms with E-state index in [9.17, 15) is 15.0 Å². The van der Waals surface area contributed by atoms with Crippen molar-refractivity contribution in [3.63, 3.8) is 0 Å². The van der Waals surface area contributed by atoms with Crippen LogP contribution in [0.5, 0.6) is 11.5 Å². The third kappa shape index (κ3) is 2.19. The van der Waals surface area contributed by atoms with E-state index in [1.807, 2.05) is 0 Å². The molecule has 1 aliphatic heterocycles. The summed E-state index contributed by atoms with van der Waals surface area (Å²) in [4.78, 5) is 11.6. The van der Waals surface area contributed by atoms with Crippen LogP contribution in [-0.4, -0.2) is 35.3 Å². The SMILES string of the molecule is O=C(NC1CNC1)c1cc(O)cc(O)c1. The summed E-state index contributed by atoms with van der Waals surface area (Å²) in [5.41, 5.74) is 0.263. The molecule has 0 unspecified atom stereocenters. The molecule has 15 heavy (non-hydrogen) atoms. The Hall–Kier alpha value is -1.75. The molecule has 1 amide bonds. The largest absolute Gasteiger partial charge is 0.508 e. The fourth-order valence-electron chi connectivity index (χ4n) is 1.39. The first kappa shape index (κ1) is 9.79. The van der Waals surface area contributed by atoms with E-state index in [0.717, 1.165) is 13.1 Å². The van der Waals surface area contributed by atoms with Gasteiger partial charge >= 0.3 is 0 Å². The molecule has 0 radical (unpaired) electrons. The summed E-state index contributed by atoms with van der Waals surface area (Å²) in [6.07, 6.45) is 0. The van der Waals surface area contributed by atoms with Crippen LogP contribution in [0.15, 0.2) is 18.2 Å². The van der Waals surface area contributed by atoms with Gasteiger partial charge in [-0.1, -0.05) is 0 Å². The molecule has 1 aliphatic rings. The highest BCUT2D eigenvalue weighted by atomic mass is 16.3. The minimum absolute atomic E-state index is 0.119. The lowest BCUT2D eigenvalue weighted by atomic mass is 10.1. The average Bonchev–Trinajstić information content (AvgIpc) is 2.09. The number of carbonyl (C=O) groups excluding carboxylic acids is 1. The summed E-state index contributed by atoms with van der Waals surface area (Å²) in [6.45, 7) is 1.52. The Morgan fingerprint density at radius 2 is 1.87 bits per heavy atom. The average molecular weight is 208 g/mol. The molecule has 1 fully saturated rings. The molecule has 1 aromatic carbocycles. The van der Waals surface area contributed by atoms with E-state index in [2.05, 4.69) is 10.6 Å². The van der Waals surface area contributed by atoms with E-state index < -0.39 is 0 Å². The van der Waals surface area contributed by atoms with Crippen LogP contribution < -0.4 is 10.6 Å². The third-order valence-corrected chi connectivity index (χ3v) is 2.28. The van der Waals surface area contributed by atoms with Gasteiger partial charge in [-0.2, -0.15) is 0 Å². The number of benzene rings is 1. The second-order valence-corrected chi connectivity index (χ2v) is 3.57. The number of phenols is 2. The minimum atomic E-state index is -0.285. The number of rotatable bonds is 2. The molecule has 4 N–H and O–H groups in total. The summed E-state index contributed by atoms with van der Waals surface area (Å²) in [7, 11) is 0. The third-order valence-electron chi connectivity index (χ3n) is 2.28. The predicted octanol–water partition coefficient (Wildman–Crippen LogP) is -0.201. The molecule has 2 rings (SSSR count). The van der Waals surface area contributed by atoms with Crippen LogP contribution in [0.1, 0.15) is 10.4 Å². The predicted molar refractivity (Wildman–Crippen MR) is 53.9 cm³/mol. The van der Waals surface area contributed by atoms with E-state index in [-0.39, 0.29) is 29.0 Å². The molecular formula is C10H12N2O3. The fraction of sp³-hybridized carbons (Fsp3) is 0.300. The Labute approximate surface area is 86.7 Å². The second kappa shape index (κ2) is 3.78. The molecule has 0 aliphatic carbocycles. The van der Waals surface area contributed by atoms with Crippen molar-refractivity contribution in [2.75, 3.05) is 13.1 Å².